The smallest absolute Gasteiger partial charge is 0.105 e. The Labute approximate surface area is 62.2 Å². The zero-order valence-corrected chi connectivity index (χ0v) is 6.55. The lowest BCUT2D eigenvalue weighted by molar-refractivity contribution is 0.0507. The molecule has 0 aliphatic rings. The van der Waals surface area contributed by atoms with Gasteiger partial charge >= 0.3 is 0 Å². The molecular weight excluding hydrogens is 130 g/mol. The van der Waals surface area contributed by atoms with Crippen LogP contribution in [0.4, 0.5) is 0 Å². The maximum Gasteiger partial charge on any atom is 0.105 e. The van der Waals surface area contributed by atoms with E-state index in [1.807, 2.05) is 6.92 Å². The number of aliphatic hydroxyl groups is 1. The van der Waals surface area contributed by atoms with Gasteiger partial charge in [-0.1, -0.05) is 6.92 Å². The molecule has 3 N–H and O–H groups in total. The van der Waals surface area contributed by atoms with Gasteiger partial charge in [-0.05, 0) is 19.3 Å². The number of hydrogen-bond donors (Lipinski definition) is 2. The van der Waals surface area contributed by atoms with Gasteiger partial charge in [0.05, 0.1) is 0 Å². The quantitative estimate of drug-likeness (QED) is 0.424. The minimum atomic E-state index is -0.126. The van der Waals surface area contributed by atoms with Crippen LogP contribution in [0.1, 0.15) is 26.2 Å². The molecule has 10 heavy (non-hydrogen) atoms. The van der Waals surface area contributed by atoms with Crippen molar-refractivity contribution in [3.8, 4) is 0 Å². The molecule has 3 nitrogen and oxygen atoms in total. The van der Waals surface area contributed by atoms with E-state index >= 15 is 0 Å². The Bertz CT molecular complexity index is 68.6. The van der Waals surface area contributed by atoms with Crippen molar-refractivity contribution in [1.29, 1.82) is 0 Å². The van der Waals surface area contributed by atoms with Crippen LogP contribution < -0.4 is 5.73 Å². The molecule has 0 amide bonds. The molecule has 0 radical (unpaired) electrons. The Morgan fingerprint density at radius 3 is 2.70 bits per heavy atom. The van der Waals surface area contributed by atoms with Crippen LogP contribution in [0.25, 0.3) is 0 Å². The largest absolute Gasteiger partial charge is 0.396 e. The lowest BCUT2D eigenvalue weighted by Crippen LogP contribution is -2.22. The van der Waals surface area contributed by atoms with E-state index in [0.29, 0.717) is 6.61 Å². The van der Waals surface area contributed by atoms with Crippen LogP contribution in [0.2, 0.25) is 0 Å². The van der Waals surface area contributed by atoms with Crippen molar-refractivity contribution in [3.05, 3.63) is 0 Å². The van der Waals surface area contributed by atoms with E-state index in [2.05, 4.69) is 0 Å². The van der Waals surface area contributed by atoms with Gasteiger partial charge in [0.1, 0.15) is 6.23 Å². The summed E-state index contributed by atoms with van der Waals surface area (Å²) in [4.78, 5) is 0. The number of ether oxygens (including phenoxy) is 1. The van der Waals surface area contributed by atoms with Crippen LogP contribution in [0.15, 0.2) is 0 Å². The first-order valence-electron chi connectivity index (χ1n) is 3.79. The average molecular weight is 147 g/mol. The second kappa shape index (κ2) is 6.99. The molecule has 0 saturated carbocycles. The van der Waals surface area contributed by atoms with E-state index in [1.165, 1.54) is 0 Å². The predicted molar refractivity (Wildman–Crippen MR) is 40.5 cm³/mol. The fourth-order valence-electron chi connectivity index (χ4n) is 0.566. The third-order valence-electron chi connectivity index (χ3n) is 1.29. The molecule has 0 heterocycles. The summed E-state index contributed by atoms with van der Waals surface area (Å²) in [5, 5.41) is 8.40. The predicted octanol–water partition coefficient (Wildman–Crippen LogP) is 0.470. The number of unbranched alkanes of at least 4 members (excludes halogenated alkanes) is 1. The molecule has 0 fully saturated rings. The Kier molecular flexibility index (Phi) is 6.91. The number of rotatable bonds is 6. The van der Waals surface area contributed by atoms with Crippen molar-refractivity contribution >= 4 is 0 Å². The van der Waals surface area contributed by atoms with Gasteiger partial charge in [-0.25, -0.2) is 0 Å². The van der Waals surface area contributed by atoms with E-state index in [-0.39, 0.29) is 12.8 Å². The van der Waals surface area contributed by atoms with E-state index in [4.69, 9.17) is 15.6 Å². The molecule has 1 unspecified atom stereocenters. The lowest BCUT2D eigenvalue weighted by atomic mass is 10.3. The molecule has 0 aliphatic carbocycles. The number of hydrogen-bond acceptors (Lipinski definition) is 3. The SMILES string of the molecule is CCC(N)OCCCCO. The van der Waals surface area contributed by atoms with E-state index in [9.17, 15) is 0 Å². The molecule has 0 aromatic carbocycles. The zero-order chi connectivity index (χ0) is 7.82. The maximum atomic E-state index is 8.40. The summed E-state index contributed by atoms with van der Waals surface area (Å²) in [6, 6.07) is 0. The van der Waals surface area contributed by atoms with Crippen molar-refractivity contribution in [1.82, 2.24) is 0 Å². The first kappa shape index (κ1) is 9.88. The molecule has 1 atom stereocenters. The molecule has 0 saturated heterocycles. The lowest BCUT2D eigenvalue weighted by Gasteiger charge is -2.09. The van der Waals surface area contributed by atoms with Crippen LogP contribution in [0, 0.1) is 0 Å². The van der Waals surface area contributed by atoms with Crippen molar-refractivity contribution in [2.45, 2.75) is 32.4 Å². The van der Waals surface area contributed by atoms with Gasteiger partial charge in [-0.2, -0.15) is 0 Å². The molecule has 0 bridgehead atoms. The number of aliphatic hydroxyl groups excluding tert-OH is 1. The normalized spacial score (nSPS) is 13.5. The fraction of sp³-hybridized carbons (Fsp3) is 1.00. The molecule has 3 heteroatoms. The third kappa shape index (κ3) is 6.01. The second-order valence-electron chi connectivity index (χ2n) is 2.25. The van der Waals surface area contributed by atoms with Gasteiger partial charge in [0.2, 0.25) is 0 Å². The highest BCUT2D eigenvalue weighted by atomic mass is 16.5. The van der Waals surface area contributed by atoms with Crippen LogP contribution >= 0.6 is 0 Å². The van der Waals surface area contributed by atoms with Crippen molar-refractivity contribution in [2.24, 2.45) is 5.73 Å². The Hall–Kier alpha value is -0.120. The highest BCUT2D eigenvalue weighted by molar-refractivity contribution is 4.42. The van der Waals surface area contributed by atoms with Gasteiger partial charge in [-0.15, -0.1) is 0 Å². The zero-order valence-electron chi connectivity index (χ0n) is 6.55. The summed E-state index contributed by atoms with van der Waals surface area (Å²) < 4.78 is 5.16. The van der Waals surface area contributed by atoms with Crippen LogP contribution in [-0.4, -0.2) is 24.5 Å². The highest BCUT2D eigenvalue weighted by Crippen LogP contribution is 1.93. The minimum absolute atomic E-state index is 0.126. The third-order valence-corrected chi connectivity index (χ3v) is 1.29. The van der Waals surface area contributed by atoms with Crippen molar-refractivity contribution in [2.75, 3.05) is 13.2 Å². The van der Waals surface area contributed by atoms with Gasteiger partial charge < -0.3 is 15.6 Å². The average Bonchev–Trinajstić information content (AvgIpc) is 1.98. The Morgan fingerprint density at radius 2 is 2.20 bits per heavy atom. The highest BCUT2D eigenvalue weighted by Gasteiger charge is 1.96. The second-order valence-corrected chi connectivity index (χ2v) is 2.25. The first-order valence-corrected chi connectivity index (χ1v) is 3.79. The van der Waals surface area contributed by atoms with Crippen LogP contribution in [0.5, 0.6) is 0 Å². The van der Waals surface area contributed by atoms with Crippen molar-refractivity contribution in [3.63, 3.8) is 0 Å². The molecule has 0 rings (SSSR count). The summed E-state index contributed by atoms with van der Waals surface area (Å²) in [6.45, 7) is 2.89. The standard InChI is InChI=1S/C7H17NO2/c1-2-7(8)10-6-4-3-5-9/h7,9H,2-6,8H2,1H3. The minimum Gasteiger partial charge on any atom is -0.396 e. The monoisotopic (exact) mass is 147 g/mol. The molecule has 0 aromatic heterocycles. The van der Waals surface area contributed by atoms with Gasteiger partial charge in [0.25, 0.3) is 0 Å². The van der Waals surface area contributed by atoms with Gasteiger partial charge in [0, 0.05) is 13.2 Å². The van der Waals surface area contributed by atoms with Gasteiger partial charge in [-0.3, -0.25) is 0 Å². The first-order chi connectivity index (χ1) is 4.81. The molecule has 0 spiro atoms. The summed E-state index contributed by atoms with van der Waals surface area (Å²) in [7, 11) is 0. The Balaban J connectivity index is 2.89. The molecular formula is C7H17NO2. The van der Waals surface area contributed by atoms with E-state index in [0.717, 1.165) is 19.3 Å². The summed E-state index contributed by atoms with van der Waals surface area (Å²) in [5.41, 5.74) is 5.47. The molecule has 62 valence electrons. The summed E-state index contributed by atoms with van der Waals surface area (Å²) in [5.74, 6) is 0. The topological polar surface area (TPSA) is 55.5 Å². The number of nitrogens with two attached hydrogens (primary N) is 1. The maximum absolute atomic E-state index is 8.40. The summed E-state index contributed by atoms with van der Waals surface area (Å²) >= 11 is 0. The van der Waals surface area contributed by atoms with E-state index < -0.39 is 0 Å². The van der Waals surface area contributed by atoms with Crippen molar-refractivity contribution < 1.29 is 9.84 Å². The van der Waals surface area contributed by atoms with Crippen LogP contribution in [-0.2, 0) is 4.74 Å². The fourth-order valence-corrected chi connectivity index (χ4v) is 0.566. The molecule has 0 aliphatic heterocycles. The Morgan fingerprint density at radius 1 is 1.50 bits per heavy atom. The summed E-state index contributed by atoms with van der Waals surface area (Å²) in [6.07, 6.45) is 2.42. The van der Waals surface area contributed by atoms with E-state index in [1.54, 1.807) is 0 Å². The molecule has 0 aromatic rings. The van der Waals surface area contributed by atoms with Crippen LogP contribution in [0.3, 0.4) is 0 Å². The van der Waals surface area contributed by atoms with Gasteiger partial charge in [0.15, 0.2) is 0 Å².